The lowest BCUT2D eigenvalue weighted by Crippen LogP contribution is -2.34. The van der Waals surface area contributed by atoms with Gasteiger partial charge in [-0.15, -0.1) is 0 Å². The highest BCUT2D eigenvalue weighted by atomic mass is 32.2. The average Bonchev–Trinajstić information content (AvgIpc) is 3.16. The van der Waals surface area contributed by atoms with Crippen LogP contribution in [-0.4, -0.2) is 34.1 Å². The van der Waals surface area contributed by atoms with Crippen molar-refractivity contribution in [1.29, 1.82) is 0 Å². The number of hydrogen-bond acceptors (Lipinski definition) is 4. The van der Waals surface area contributed by atoms with Crippen molar-refractivity contribution in [3.63, 3.8) is 0 Å². The van der Waals surface area contributed by atoms with Crippen LogP contribution < -0.4 is 0 Å². The van der Waals surface area contributed by atoms with E-state index in [1.165, 1.54) is 11.8 Å². The lowest BCUT2D eigenvalue weighted by molar-refractivity contribution is -0.128. The quantitative estimate of drug-likeness (QED) is 0.788. The number of thioether (sulfide) groups is 1. The maximum Gasteiger partial charge on any atom is 0.257 e. The smallest absolute Gasteiger partial charge is 0.257 e. The number of carbonyl (C=O) groups is 1. The van der Waals surface area contributed by atoms with E-state index in [4.69, 9.17) is 4.42 Å². The van der Waals surface area contributed by atoms with Crippen molar-refractivity contribution in [2.45, 2.75) is 31.0 Å². The van der Waals surface area contributed by atoms with E-state index in [0.29, 0.717) is 17.0 Å². The highest BCUT2D eigenvalue weighted by Gasteiger charge is 2.31. The van der Waals surface area contributed by atoms with Crippen LogP contribution in [0.15, 0.2) is 33.9 Å². The van der Waals surface area contributed by atoms with Crippen molar-refractivity contribution in [2.75, 3.05) is 12.3 Å². The van der Waals surface area contributed by atoms with Crippen LogP contribution in [0.5, 0.6) is 0 Å². The monoisotopic (exact) mass is 276 g/mol. The molecule has 1 saturated carbocycles. The Labute approximate surface area is 116 Å². The molecule has 0 aliphatic heterocycles. The number of hydrogen-bond donors (Lipinski definition) is 0. The Morgan fingerprint density at radius 2 is 2.26 bits per heavy atom. The minimum Gasteiger partial charge on any atom is -0.431 e. The zero-order valence-corrected chi connectivity index (χ0v) is 11.7. The third kappa shape index (κ3) is 2.76. The van der Waals surface area contributed by atoms with E-state index in [1.807, 2.05) is 36.1 Å². The number of fused-ring (bicyclic) bond motifs is 1. The summed E-state index contributed by atoms with van der Waals surface area (Å²) in [7, 11) is 0. The molecule has 4 nitrogen and oxygen atoms in total. The van der Waals surface area contributed by atoms with Gasteiger partial charge in [-0.2, -0.15) is 0 Å². The average molecular weight is 276 g/mol. The summed E-state index contributed by atoms with van der Waals surface area (Å²) in [5, 5.41) is 0.571. The van der Waals surface area contributed by atoms with Crippen molar-refractivity contribution in [1.82, 2.24) is 9.88 Å². The third-order valence-electron chi connectivity index (χ3n) is 3.24. The van der Waals surface area contributed by atoms with E-state index in [-0.39, 0.29) is 5.91 Å². The summed E-state index contributed by atoms with van der Waals surface area (Å²) in [6.45, 7) is 2.82. The molecule has 1 fully saturated rings. The SMILES string of the molecule is CCN(C(=O)CSc1nc2ccccc2o1)C1CC1. The molecule has 0 N–H and O–H groups in total. The largest absolute Gasteiger partial charge is 0.431 e. The molecule has 1 aliphatic carbocycles. The standard InChI is InChI=1S/C14H16N2O2S/c1-2-16(10-7-8-10)13(17)9-19-14-15-11-5-3-4-6-12(11)18-14/h3-6,10H,2,7-9H2,1H3. The van der Waals surface area contributed by atoms with Crippen LogP contribution in [-0.2, 0) is 4.79 Å². The lowest BCUT2D eigenvalue weighted by atomic mass is 10.3. The van der Waals surface area contributed by atoms with Gasteiger partial charge in [-0.05, 0) is 31.9 Å². The summed E-state index contributed by atoms with van der Waals surface area (Å²) in [4.78, 5) is 18.4. The van der Waals surface area contributed by atoms with Gasteiger partial charge in [-0.25, -0.2) is 4.98 Å². The molecule has 0 saturated heterocycles. The van der Waals surface area contributed by atoms with Gasteiger partial charge in [0.15, 0.2) is 5.58 Å². The van der Waals surface area contributed by atoms with Crippen LogP contribution in [0.25, 0.3) is 11.1 Å². The molecular weight excluding hydrogens is 260 g/mol. The normalized spacial score (nSPS) is 14.8. The number of oxazole rings is 1. The third-order valence-corrected chi connectivity index (χ3v) is 4.05. The summed E-state index contributed by atoms with van der Waals surface area (Å²) in [6.07, 6.45) is 2.29. The van der Waals surface area contributed by atoms with Gasteiger partial charge in [-0.3, -0.25) is 4.79 Å². The number of para-hydroxylation sites is 2. The fraction of sp³-hybridized carbons (Fsp3) is 0.429. The first-order valence-corrected chi connectivity index (χ1v) is 7.54. The van der Waals surface area contributed by atoms with Gasteiger partial charge < -0.3 is 9.32 Å². The van der Waals surface area contributed by atoms with Crippen LogP contribution in [0.2, 0.25) is 0 Å². The Morgan fingerprint density at radius 1 is 1.47 bits per heavy atom. The first-order chi connectivity index (χ1) is 9.28. The Morgan fingerprint density at radius 3 is 2.95 bits per heavy atom. The van der Waals surface area contributed by atoms with Gasteiger partial charge in [0.1, 0.15) is 5.52 Å². The summed E-state index contributed by atoms with van der Waals surface area (Å²) in [6, 6.07) is 8.11. The molecule has 1 aromatic carbocycles. The van der Waals surface area contributed by atoms with Crippen LogP contribution >= 0.6 is 11.8 Å². The molecule has 3 rings (SSSR count). The predicted molar refractivity (Wildman–Crippen MR) is 75.1 cm³/mol. The maximum absolute atomic E-state index is 12.1. The second-order valence-corrected chi connectivity index (χ2v) is 5.57. The van der Waals surface area contributed by atoms with Gasteiger partial charge >= 0.3 is 0 Å². The molecule has 1 aromatic heterocycles. The van der Waals surface area contributed by atoms with Crippen LogP contribution in [0.4, 0.5) is 0 Å². The molecule has 0 atom stereocenters. The number of aromatic nitrogens is 1. The van der Waals surface area contributed by atoms with Crippen molar-refractivity contribution in [2.24, 2.45) is 0 Å². The van der Waals surface area contributed by atoms with Gasteiger partial charge in [0.2, 0.25) is 5.91 Å². The van der Waals surface area contributed by atoms with E-state index >= 15 is 0 Å². The molecule has 2 aromatic rings. The molecule has 1 heterocycles. The first kappa shape index (κ1) is 12.5. The summed E-state index contributed by atoms with van der Waals surface area (Å²) in [5.74, 6) is 0.578. The highest BCUT2D eigenvalue weighted by molar-refractivity contribution is 7.99. The topological polar surface area (TPSA) is 46.3 Å². The molecule has 1 amide bonds. The molecule has 0 radical (unpaired) electrons. The molecule has 5 heteroatoms. The molecular formula is C14H16N2O2S. The lowest BCUT2D eigenvalue weighted by Gasteiger charge is -2.19. The zero-order valence-electron chi connectivity index (χ0n) is 10.8. The molecule has 0 unspecified atom stereocenters. The van der Waals surface area contributed by atoms with Crippen LogP contribution in [0.3, 0.4) is 0 Å². The number of nitrogens with zero attached hydrogens (tertiary/aromatic N) is 2. The predicted octanol–water partition coefficient (Wildman–Crippen LogP) is 2.93. The summed E-state index contributed by atoms with van der Waals surface area (Å²) >= 11 is 1.37. The number of rotatable bonds is 5. The molecule has 0 spiro atoms. The summed E-state index contributed by atoms with van der Waals surface area (Å²) in [5.41, 5.74) is 1.61. The molecule has 1 aliphatic rings. The first-order valence-electron chi connectivity index (χ1n) is 6.55. The van der Waals surface area contributed by atoms with Gasteiger partial charge in [0, 0.05) is 12.6 Å². The Balaban J connectivity index is 1.63. The second-order valence-electron chi connectivity index (χ2n) is 4.65. The van der Waals surface area contributed by atoms with E-state index in [0.717, 1.165) is 30.5 Å². The van der Waals surface area contributed by atoms with Gasteiger partial charge in [0.25, 0.3) is 5.22 Å². The van der Waals surface area contributed by atoms with Crippen molar-refractivity contribution >= 4 is 28.8 Å². The van der Waals surface area contributed by atoms with Crippen molar-refractivity contribution in [3.8, 4) is 0 Å². The van der Waals surface area contributed by atoms with E-state index in [1.54, 1.807) is 0 Å². The van der Waals surface area contributed by atoms with E-state index in [2.05, 4.69) is 4.98 Å². The number of benzene rings is 1. The van der Waals surface area contributed by atoms with E-state index < -0.39 is 0 Å². The number of carbonyl (C=O) groups excluding carboxylic acids is 1. The minimum atomic E-state index is 0.178. The van der Waals surface area contributed by atoms with E-state index in [9.17, 15) is 4.79 Å². The fourth-order valence-corrected chi connectivity index (χ4v) is 2.87. The fourth-order valence-electron chi connectivity index (χ4n) is 2.14. The zero-order chi connectivity index (χ0) is 13.2. The second kappa shape index (κ2) is 5.25. The highest BCUT2D eigenvalue weighted by Crippen LogP contribution is 2.28. The Hall–Kier alpha value is -1.49. The molecule has 100 valence electrons. The molecule has 19 heavy (non-hydrogen) atoms. The van der Waals surface area contributed by atoms with Gasteiger partial charge in [0.05, 0.1) is 5.75 Å². The van der Waals surface area contributed by atoms with Crippen molar-refractivity contribution < 1.29 is 9.21 Å². The maximum atomic E-state index is 12.1. The molecule has 0 bridgehead atoms. The van der Waals surface area contributed by atoms with Gasteiger partial charge in [-0.1, -0.05) is 23.9 Å². The Kier molecular flexibility index (Phi) is 3.46. The van der Waals surface area contributed by atoms with Crippen LogP contribution in [0.1, 0.15) is 19.8 Å². The van der Waals surface area contributed by atoms with Crippen molar-refractivity contribution in [3.05, 3.63) is 24.3 Å². The Bertz CT molecular complexity index is 559. The number of amides is 1. The summed E-state index contributed by atoms with van der Waals surface area (Å²) < 4.78 is 5.59. The van der Waals surface area contributed by atoms with Crippen LogP contribution in [0, 0.1) is 0 Å². The minimum absolute atomic E-state index is 0.178.